The Morgan fingerprint density at radius 1 is 1.26 bits per heavy atom. The van der Waals surface area contributed by atoms with E-state index in [1.54, 1.807) is 11.3 Å². The third-order valence-corrected chi connectivity index (χ3v) is 6.68. The molecular formula is C21H34N2O3S. The Labute approximate surface area is 167 Å². The van der Waals surface area contributed by atoms with E-state index >= 15 is 0 Å². The lowest BCUT2D eigenvalue weighted by Crippen LogP contribution is -2.47. The second kappa shape index (κ2) is 9.50. The molecule has 2 unspecified atom stereocenters. The van der Waals surface area contributed by atoms with Crippen molar-refractivity contribution in [2.75, 3.05) is 39.3 Å². The number of carbonyl (C=O) groups excluding carboxylic acids is 1. The van der Waals surface area contributed by atoms with E-state index < -0.39 is 0 Å². The Hall–Kier alpha value is -0.950. The van der Waals surface area contributed by atoms with Crippen LogP contribution in [0.1, 0.15) is 53.7 Å². The molecule has 2 aliphatic heterocycles. The largest absolute Gasteiger partial charge is 0.377 e. The number of amides is 1. The minimum absolute atomic E-state index is 0.192. The van der Waals surface area contributed by atoms with Crippen molar-refractivity contribution in [3.8, 4) is 0 Å². The molecule has 2 fully saturated rings. The van der Waals surface area contributed by atoms with Crippen LogP contribution in [0.5, 0.6) is 0 Å². The molecule has 2 aliphatic rings. The van der Waals surface area contributed by atoms with Crippen LogP contribution in [0.4, 0.5) is 0 Å². The Bertz CT molecular complexity index is 615. The highest BCUT2D eigenvalue weighted by molar-refractivity contribution is 7.14. The number of morpholine rings is 1. The number of carbonyl (C=O) groups is 1. The molecule has 0 N–H and O–H groups in total. The first-order valence-corrected chi connectivity index (χ1v) is 11.2. The third-order valence-electron chi connectivity index (χ3n) is 5.60. The molecule has 1 aromatic heterocycles. The lowest BCUT2D eigenvalue weighted by molar-refractivity contribution is -0.0780. The average molecular weight is 395 g/mol. The zero-order valence-corrected chi connectivity index (χ0v) is 18.0. The van der Waals surface area contributed by atoms with E-state index in [0.717, 1.165) is 63.5 Å². The molecule has 1 amide bonds. The average Bonchev–Trinajstić information content (AvgIpc) is 3.02. The Morgan fingerprint density at radius 2 is 1.93 bits per heavy atom. The van der Waals surface area contributed by atoms with E-state index in [-0.39, 0.29) is 12.0 Å². The van der Waals surface area contributed by atoms with E-state index in [2.05, 4.69) is 38.7 Å². The van der Waals surface area contributed by atoms with Crippen LogP contribution >= 0.6 is 11.3 Å². The Balaban J connectivity index is 1.39. The van der Waals surface area contributed by atoms with Crippen molar-refractivity contribution < 1.29 is 14.3 Å². The van der Waals surface area contributed by atoms with Crippen molar-refractivity contribution in [1.82, 2.24) is 9.80 Å². The molecule has 0 aromatic carbocycles. The van der Waals surface area contributed by atoms with Crippen LogP contribution in [0.25, 0.3) is 0 Å². The summed E-state index contributed by atoms with van der Waals surface area (Å²) in [6, 6.07) is 2.08. The first kappa shape index (κ1) is 20.8. The molecule has 152 valence electrons. The van der Waals surface area contributed by atoms with E-state index in [0.29, 0.717) is 12.2 Å². The van der Waals surface area contributed by atoms with Gasteiger partial charge >= 0.3 is 0 Å². The molecule has 2 saturated heterocycles. The molecule has 2 atom stereocenters. The van der Waals surface area contributed by atoms with Gasteiger partial charge in [0.2, 0.25) is 0 Å². The highest BCUT2D eigenvalue weighted by Gasteiger charge is 2.26. The summed E-state index contributed by atoms with van der Waals surface area (Å²) in [5.41, 5.74) is 1.30. The lowest BCUT2D eigenvalue weighted by Gasteiger charge is -2.36. The van der Waals surface area contributed by atoms with Crippen molar-refractivity contribution >= 4 is 17.2 Å². The van der Waals surface area contributed by atoms with Gasteiger partial charge in [-0.3, -0.25) is 9.69 Å². The first-order chi connectivity index (χ1) is 13.0. The molecule has 6 heteroatoms. The normalized spacial score (nSPS) is 25.1. The fourth-order valence-corrected chi connectivity index (χ4v) is 5.25. The molecule has 3 rings (SSSR count). The minimum atomic E-state index is 0.192. The van der Waals surface area contributed by atoms with Gasteiger partial charge in [-0.1, -0.05) is 6.92 Å². The number of nitrogens with zero attached hydrogens (tertiary/aromatic N) is 2. The zero-order chi connectivity index (χ0) is 19.4. The fourth-order valence-electron chi connectivity index (χ4n) is 4.17. The van der Waals surface area contributed by atoms with E-state index in [1.165, 1.54) is 10.4 Å². The van der Waals surface area contributed by atoms with Gasteiger partial charge in [-0.15, -0.1) is 11.3 Å². The van der Waals surface area contributed by atoms with E-state index in [1.807, 2.05) is 4.90 Å². The summed E-state index contributed by atoms with van der Waals surface area (Å²) in [6.45, 7) is 13.8. The Morgan fingerprint density at radius 3 is 2.52 bits per heavy atom. The summed E-state index contributed by atoms with van der Waals surface area (Å²) in [7, 11) is 0. The van der Waals surface area contributed by atoms with Gasteiger partial charge in [0, 0.05) is 37.6 Å². The molecule has 27 heavy (non-hydrogen) atoms. The first-order valence-electron chi connectivity index (χ1n) is 10.3. The van der Waals surface area contributed by atoms with Crippen LogP contribution in [-0.4, -0.2) is 73.3 Å². The number of rotatable bonds is 6. The van der Waals surface area contributed by atoms with Crippen LogP contribution < -0.4 is 0 Å². The predicted octanol–water partition coefficient (Wildman–Crippen LogP) is 3.35. The Kier molecular flexibility index (Phi) is 7.31. The van der Waals surface area contributed by atoms with Crippen molar-refractivity contribution in [3.05, 3.63) is 21.4 Å². The van der Waals surface area contributed by atoms with Gasteiger partial charge < -0.3 is 14.4 Å². The summed E-state index contributed by atoms with van der Waals surface area (Å²) >= 11 is 1.63. The lowest BCUT2D eigenvalue weighted by atomic mass is 10.1. The van der Waals surface area contributed by atoms with Crippen LogP contribution in [0.2, 0.25) is 0 Å². The number of likely N-dealkylation sites (tertiary alicyclic amines) is 1. The summed E-state index contributed by atoms with van der Waals surface area (Å²) in [6.07, 6.45) is 3.75. The molecule has 0 aliphatic carbocycles. The number of piperidine rings is 1. The fraction of sp³-hybridized carbons (Fsp3) is 0.762. The maximum atomic E-state index is 12.7. The molecule has 3 heterocycles. The topological polar surface area (TPSA) is 42.0 Å². The van der Waals surface area contributed by atoms with E-state index in [4.69, 9.17) is 9.47 Å². The molecule has 0 saturated carbocycles. The van der Waals surface area contributed by atoms with Crippen molar-refractivity contribution in [2.45, 2.75) is 65.3 Å². The van der Waals surface area contributed by atoms with Crippen LogP contribution in [-0.2, 0) is 15.9 Å². The zero-order valence-electron chi connectivity index (χ0n) is 17.2. The minimum Gasteiger partial charge on any atom is -0.377 e. The van der Waals surface area contributed by atoms with Gasteiger partial charge in [0.1, 0.15) is 0 Å². The van der Waals surface area contributed by atoms with Gasteiger partial charge in [-0.05, 0) is 51.7 Å². The second-order valence-electron chi connectivity index (χ2n) is 7.92. The van der Waals surface area contributed by atoms with Crippen LogP contribution in [0, 0.1) is 6.92 Å². The number of ether oxygens (including phenoxy) is 2. The van der Waals surface area contributed by atoms with Crippen LogP contribution in [0.3, 0.4) is 0 Å². The maximum absolute atomic E-state index is 12.7. The molecule has 0 bridgehead atoms. The van der Waals surface area contributed by atoms with Crippen LogP contribution in [0.15, 0.2) is 6.07 Å². The summed E-state index contributed by atoms with van der Waals surface area (Å²) in [5.74, 6) is 0.192. The molecule has 0 radical (unpaired) electrons. The van der Waals surface area contributed by atoms with Crippen molar-refractivity contribution in [1.29, 1.82) is 0 Å². The smallest absolute Gasteiger partial charge is 0.263 e. The van der Waals surface area contributed by atoms with Crippen molar-refractivity contribution in [3.63, 3.8) is 0 Å². The van der Waals surface area contributed by atoms with Gasteiger partial charge in [-0.2, -0.15) is 0 Å². The summed E-state index contributed by atoms with van der Waals surface area (Å²) < 4.78 is 11.9. The maximum Gasteiger partial charge on any atom is 0.263 e. The number of hydrogen-bond acceptors (Lipinski definition) is 5. The highest BCUT2D eigenvalue weighted by Crippen LogP contribution is 2.25. The second-order valence-corrected chi connectivity index (χ2v) is 9.18. The molecule has 5 nitrogen and oxygen atoms in total. The van der Waals surface area contributed by atoms with Gasteiger partial charge in [0.05, 0.1) is 29.8 Å². The highest BCUT2D eigenvalue weighted by atomic mass is 32.1. The van der Waals surface area contributed by atoms with E-state index in [9.17, 15) is 4.79 Å². The quantitative estimate of drug-likeness (QED) is 0.742. The standard InChI is InChI=1S/C21H34N2O3S/c1-5-18-12-20(27-17(18)4)21(24)23-8-6-19(7-9-23)25-11-10-22-13-15(2)26-16(3)14-22/h12,15-16,19H,5-11,13-14H2,1-4H3. The van der Waals surface area contributed by atoms with Gasteiger partial charge in [-0.25, -0.2) is 0 Å². The number of aryl methyl sites for hydroxylation is 2. The number of thiophene rings is 1. The molecular weight excluding hydrogens is 360 g/mol. The van der Waals surface area contributed by atoms with Crippen molar-refractivity contribution in [2.24, 2.45) is 0 Å². The predicted molar refractivity (Wildman–Crippen MR) is 110 cm³/mol. The summed E-state index contributed by atoms with van der Waals surface area (Å²) in [4.78, 5) is 19.3. The SMILES string of the molecule is CCc1cc(C(=O)N2CCC(OCCN3CC(C)OC(C)C3)CC2)sc1C. The number of hydrogen-bond donors (Lipinski definition) is 0. The van der Waals surface area contributed by atoms with Gasteiger partial charge in [0.25, 0.3) is 5.91 Å². The monoisotopic (exact) mass is 394 g/mol. The summed E-state index contributed by atoms with van der Waals surface area (Å²) in [5, 5.41) is 0. The molecule has 1 aromatic rings. The van der Waals surface area contributed by atoms with Gasteiger partial charge in [0.15, 0.2) is 0 Å². The molecule has 0 spiro atoms. The third kappa shape index (κ3) is 5.53.